The molecule has 0 aromatic carbocycles. The van der Waals surface area contributed by atoms with Crippen molar-refractivity contribution in [2.24, 2.45) is 5.92 Å². The summed E-state index contributed by atoms with van der Waals surface area (Å²) in [5, 5.41) is 0. The van der Waals surface area contributed by atoms with Gasteiger partial charge in [0.1, 0.15) is 0 Å². The molecule has 0 spiro atoms. The summed E-state index contributed by atoms with van der Waals surface area (Å²) in [5.74, 6) is 0.688. The van der Waals surface area contributed by atoms with Gasteiger partial charge in [-0.25, -0.2) is 0 Å². The topological polar surface area (TPSA) is 0 Å². The van der Waals surface area contributed by atoms with E-state index >= 15 is 0 Å². The maximum Gasteiger partial charge on any atom is -0.0153 e. The Morgan fingerprint density at radius 3 is 2.54 bits per heavy atom. The highest BCUT2D eigenvalue weighted by molar-refractivity contribution is 5.32. The lowest BCUT2D eigenvalue weighted by Gasteiger charge is -2.10. The molecule has 13 heavy (non-hydrogen) atoms. The van der Waals surface area contributed by atoms with Crippen LogP contribution < -0.4 is 0 Å². The van der Waals surface area contributed by atoms with Crippen molar-refractivity contribution >= 4 is 0 Å². The molecule has 0 nitrogen and oxygen atoms in total. The normalized spacial score (nSPS) is 21.9. The van der Waals surface area contributed by atoms with Crippen LogP contribution in [0.2, 0.25) is 0 Å². The van der Waals surface area contributed by atoms with Gasteiger partial charge in [-0.15, -0.1) is 0 Å². The van der Waals surface area contributed by atoms with Crippen molar-refractivity contribution in [2.45, 2.75) is 26.2 Å². The van der Waals surface area contributed by atoms with E-state index < -0.39 is 0 Å². The van der Waals surface area contributed by atoms with E-state index in [2.05, 4.69) is 43.4 Å². The van der Waals surface area contributed by atoms with E-state index in [1.165, 1.54) is 17.6 Å². The molecule has 0 aromatic rings. The monoisotopic (exact) mass is 172 g/mol. The SMILES string of the molecule is CC(CC1=CCC=C1)C1=CCC=C1. The van der Waals surface area contributed by atoms with Gasteiger partial charge < -0.3 is 0 Å². The van der Waals surface area contributed by atoms with E-state index in [0.29, 0.717) is 5.92 Å². The van der Waals surface area contributed by atoms with E-state index in [1.54, 1.807) is 0 Å². The molecule has 0 bridgehead atoms. The van der Waals surface area contributed by atoms with Crippen LogP contribution in [0.25, 0.3) is 0 Å². The summed E-state index contributed by atoms with van der Waals surface area (Å²) in [6, 6.07) is 0. The zero-order chi connectivity index (χ0) is 9.10. The molecule has 2 rings (SSSR count). The van der Waals surface area contributed by atoms with Gasteiger partial charge in [0, 0.05) is 0 Å². The zero-order valence-electron chi connectivity index (χ0n) is 8.16. The Kier molecular flexibility index (Phi) is 2.49. The molecule has 1 atom stereocenters. The van der Waals surface area contributed by atoms with E-state index in [4.69, 9.17) is 0 Å². The zero-order valence-corrected chi connectivity index (χ0v) is 8.16. The van der Waals surface area contributed by atoms with E-state index in [9.17, 15) is 0 Å². The standard InChI is InChI=1S/C13H16/c1-11(13-8-4-5-9-13)10-12-6-2-3-7-12/h2,4,6-9,11H,3,5,10H2,1H3. The number of hydrogen-bond acceptors (Lipinski definition) is 0. The van der Waals surface area contributed by atoms with Gasteiger partial charge in [0.05, 0.1) is 0 Å². The minimum Gasteiger partial charge on any atom is -0.0805 e. The largest absolute Gasteiger partial charge is 0.0805 e. The number of allylic oxidation sites excluding steroid dienone is 8. The van der Waals surface area contributed by atoms with Crippen LogP contribution in [0.5, 0.6) is 0 Å². The average molecular weight is 172 g/mol. The maximum atomic E-state index is 2.34. The van der Waals surface area contributed by atoms with E-state index in [1.807, 2.05) is 0 Å². The molecule has 0 radical (unpaired) electrons. The summed E-state index contributed by atoms with van der Waals surface area (Å²) < 4.78 is 0. The fraction of sp³-hybridized carbons (Fsp3) is 0.385. The van der Waals surface area contributed by atoms with Crippen molar-refractivity contribution in [1.82, 2.24) is 0 Å². The smallest absolute Gasteiger partial charge is 0.0153 e. The van der Waals surface area contributed by atoms with Gasteiger partial charge in [-0.05, 0) is 30.8 Å². The minimum absolute atomic E-state index is 0.688. The summed E-state index contributed by atoms with van der Waals surface area (Å²) >= 11 is 0. The van der Waals surface area contributed by atoms with Gasteiger partial charge >= 0.3 is 0 Å². The van der Waals surface area contributed by atoms with Gasteiger partial charge in [0.2, 0.25) is 0 Å². The van der Waals surface area contributed by atoms with Gasteiger partial charge in [-0.3, -0.25) is 0 Å². The molecule has 0 heterocycles. The first-order valence-corrected chi connectivity index (χ1v) is 5.08. The lowest BCUT2D eigenvalue weighted by molar-refractivity contribution is 0.698. The number of rotatable bonds is 3. The average Bonchev–Trinajstić information content (AvgIpc) is 2.74. The Morgan fingerprint density at radius 2 is 1.92 bits per heavy atom. The molecule has 0 fully saturated rings. The van der Waals surface area contributed by atoms with Crippen LogP contribution >= 0.6 is 0 Å². The molecule has 0 amide bonds. The highest BCUT2D eigenvalue weighted by Gasteiger charge is 2.10. The first kappa shape index (κ1) is 8.55. The second-order valence-corrected chi connectivity index (χ2v) is 3.86. The minimum atomic E-state index is 0.688. The van der Waals surface area contributed by atoms with Crippen molar-refractivity contribution in [1.29, 1.82) is 0 Å². The van der Waals surface area contributed by atoms with Crippen LogP contribution in [-0.2, 0) is 0 Å². The van der Waals surface area contributed by atoms with E-state index in [-0.39, 0.29) is 0 Å². The predicted molar refractivity (Wildman–Crippen MR) is 57.5 cm³/mol. The highest BCUT2D eigenvalue weighted by atomic mass is 14.2. The fourth-order valence-corrected chi connectivity index (χ4v) is 1.97. The molecule has 0 N–H and O–H groups in total. The molecule has 0 aromatic heterocycles. The van der Waals surface area contributed by atoms with Crippen LogP contribution in [0.15, 0.2) is 47.6 Å². The molecule has 2 aliphatic rings. The lowest BCUT2D eigenvalue weighted by Crippen LogP contribution is -1.96. The molecule has 0 saturated heterocycles. The van der Waals surface area contributed by atoms with Gasteiger partial charge in [-0.2, -0.15) is 0 Å². The van der Waals surface area contributed by atoms with Crippen molar-refractivity contribution in [3.05, 3.63) is 47.6 Å². The molecular weight excluding hydrogens is 156 g/mol. The second kappa shape index (κ2) is 3.78. The van der Waals surface area contributed by atoms with Gasteiger partial charge in [-0.1, -0.05) is 49.0 Å². The Balaban J connectivity index is 1.94. The summed E-state index contributed by atoms with van der Waals surface area (Å²) in [4.78, 5) is 0. The van der Waals surface area contributed by atoms with Crippen LogP contribution in [0, 0.1) is 5.92 Å². The van der Waals surface area contributed by atoms with Gasteiger partial charge in [0.25, 0.3) is 0 Å². The Labute approximate surface area is 80.3 Å². The van der Waals surface area contributed by atoms with Crippen LogP contribution in [-0.4, -0.2) is 0 Å². The van der Waals surface area contributed by atoms with Crippen LogP contribution in [0.3, 0.4) is 0 Å². The molecule has 0 aliphatic heterocycles. The highest BCUT2D eigenvalue weighted by Crippen LogP contribution is 2.26. The maximum absolute atomic E-state index is 2.34. The van der Waals surface area contributed by atoms with Crippen LogP contribution in [0.1, 0.15) is 26.2 Å². The Hall–Kier alpha value is -1.04. The van der Waals surface area contributed by atoms with Gasteiger partial charge in [0.15, 0.2) is 0 Å². The van der Waals surface area contributed by atoms with Crippen molar-refractivity contribution in [3.8, 4) is 0 Å². The Morgan fingerprint density at radius 1 is 1.15 bits per heavy atom. The third kappa shape index (κ3) is 2.00. The lowest BCUT2D eigenvalue weighted by atomic mass is 9.94. The summed E-state index contributed by atoms with van der Waals surface area (Å²) in [5.41, 5.74) is 3.02. The van der Waals surface area contributed by atoms with Crippen molar-refractivity contribution in [3.63, 3.8) is 0 Å². The molecular formula is C13H16. The molecule has 0 saturated carbocycles. The molecule has 1 unspecified atom stereocenters. The summed E-state index contributed by atoms with van der Waals surface area (Å²) in [7, 11) is 0. The molecule has 68 valence electrons. The predicted octanol–water partition coefficient (Wildman–Crippen LogP) is 3.79. The quantitative estimate of drug-likeness (QED) is 0.607. The third-order valence-electron chi connectivity index (χ3n) is 2.76. The molecule has 0 heteroatoms. The summed E-state index contributed by atoms with van der Waals surface area (Å²) in [6.45, 7) is 2.31. The van der Waals surface area contributed by atoms with Crippen LogP contribution in [0.4, 0.5) is 0 Å². The van der Waals surface area contributed by atoms with E-state index in [0.717, 1.165) is 12.8 Å². The third-order valence-corrected chi connectivity index (χ3v) is 2.76. The van der Waals surface area contributed by atoms with Crippen molar-refractivity contribution < 1.29 is 0 Å². The van der Waals surface area contributed by atoms with Crippen molar-refractivity contribution in [2.75, 3.05) is 0 Å². The molecule has 2 aliphatic carbocycles. The first-order valence-electron chi connectivity index (χ1n) is 5.08. The number of hydrogen-bond donors (Lipinski definition) is 0. The second-order valence-electron chi connectivity index (χ2n) is 3.86. The summed E-state index contributed by atoms with van der Waals surface area (Å²) in [6.07, 6.45) is 17.1. The Bertz CT molecular complexity index is 300. The fourth-order valence-electron chi connectivity index (χ4n) is 1.97. The first-order chi connectivity index (χ1) is 6.36.